The molecule has 3 rings (SSSR count). The molecule has 1 saturated heterocycles. The Balaban J connectivity index is 1.65. The molecule has 1 aliphatic rings. The second-order valence-electron chi connectivity index (χ2n) is 5.74. The monoisotopic (exact) mass is 481 g/mol. The third-order valence-electron chi connectivity index (χ3n) is 3.84. The molecule has 0 saturated carbocycles. The minimum Gasteiger partial charge on any atom is -0.493 e. The number of amides is 2. The van der Waals surface area contributed by atoms with Crippen molar-refractivity contribution in [1.82, 2.24) is 4.90 Å². The van der Waals surface area contributed by atoms with Crippen molar-refractivity contribution in [3.8, 4) is 11.5 Å². The fourth-order valence-electron chi connectivity index (χ4n) is 2.53. The van der Waals surface area contributed by atoms with Crippen LogP contribution in [0.2, 0.25) is 5.02 Å². The van der Waals surface area contributed by atoms with Crippen molar-refractivity contribution in [3.05, 3.63) is 62.4 Å². The molecular formula is C20H17BrClNO4S. The maximum Gasteiger partial charge on any atom is 0.293 e. The molecule has 0 aliphatic carbocycles. The minimum atomic E-state index is -0.331. The summed E-state index contributed by atoms with van der Waals surface area (Å²) in [5.41, 5.74) is 0.799. The summed E-state index contributed by atoms with van der Waals surface area (Å²) in [6.07, 6.45) is 1.69. The summed E-state index contributed by atoms with van der Waals surface area (Å²) in [6, 6.07) is 12.6. The molecule has 8 heteroatoms. The molecule has 0 aromatic heterocycles. The Hall–Kier alpha value is -1.96. The van der Waals surface area contributed by atoms with Crippen LogP contribution in [0, 0.1) is 0 Å². The van der Waals surface area contributed by atoms with Crippen LogP contribution in [0.1, 0.15) is 12.5 Å². The van der Waals surface area contributed by atoms with Gasteiger partial charge in [0.15, 0.2) is 0 Å². The smallest absolute Gasteiger partial charge is 0.293 e. The molecule has 2 aromatic rings. The van der Waals surface area contributed by atoms with E-state index in [0.717, 1.165) is 27.5 Å². The van der Waals surface area contributed by atoms with Crippen LogP contribution in [-0.2, 0) is 4.79 Å². The molecule has 5 nitrogen and oxygen atoms in total. The second kappa shape index (κ2) is 9.49. The van der Waals surface area contributed by atoms with Gasteiger partial charge in [-0.3, -0.25) is 14.5 Å². The van der Waals surface area contributed by atoms with Crippen molar-refractivity contribution in [1.29, 1.82) is 0 Å². The van der Waals surface area contributed by atoms with Gasteiger partial charge in [-0.2, -0.15) is 0 Å². The van der Waals surface area contributed by atoms with E-state index in [4.69, 9.17) is 21.1 Å². The SMILES string of the molecule is CCOc1ccc(/C=C2\SC(=O)N(CCOc3ccccc3Cl)C2=O)cc1Br. The predicted molar refractivity (Wildman–Crippen MR) is 115 cm³/mol. The fraction of sp³-hybridized carbons (Fsp3) is 0.200. The second-order valence-corrected chi connectivity index (χ2v) is 7.99. The van der Waals surface area contributed by atoms with Crippen LogP contribution < -0.4 is 9.47 Å². The van der Waals surface area contributed by atoms with Crippen molar-refractivity contribution in [3.63, 3.8) is 0 Å². The van der Waals surface area contributed by atoms with Gasteiger partial charge in [-0.05, 0) is 70.5 Å². The summed E-state index contributed by atoms with van der Waals surface area (Å²) < 4.78 is 11.8. The van der Waals surface area contributed by atoms with Crippen LogP contribution in [-0.4, -0.2) is 35.8 Å². The number of carbonyl (C=O) groups excluding carboxylic acids is 2. The van der Waals surface area contributed by atoms with Crippen LogP contribution in [0.3, 0.4) is 0 Å². The quantitative estimate of drug-likeness (QED) is 0.480. The first-order valence-corrected chi connectivity index (χ1v) is 10.5. The molecule has 0 bridgehead atoms. The van der Waals surface area contributed by atoms with E-state index in [1.165, 1.54) is 4.90 Å². The molecule has 28 heavy (non-hydrogen) atoms. The van der Waals surface area contributed by atoms with Crippen LogP contribution >= 0.6 is 39.3 Å². The lowest BCUT2D eigenvalue weighted by atomic mass is 10.2. The molecule has 146 valence electrons. The highest BCUT2D eigenvalue weighted by molar-refractivity contribution is 9.10. The van der Waals surface area contributed by atoms with Crippen LogP contribution in [0.4, 0.5) is 4.79 Å². The average molecular weight is 483 g/mol. The van der Waals surface area contributed by atoms with Gasteiger partial charge in [0.2, 0.25) is 0 Å². The van der Waals surface area contributed by atoms with Crippen LogP contribution in [0.15, 0.2) is 51.8 Å². The standard InChI is InChI=1S/C20H17BrClNO4S/c1-2-26-16-8-7-13(11-14(16)21)12-18-19(24)23(20(25)28-18)9-10-27-17-6-4-3-5-15(17)22/h3-8,11-12H,2,9-10H2,1H3/b18-12-. The molecule has 1 aliphatic heterocycles. The van der Waals surface area contributed by atoms with Gasteiger partial charge in [-0.15, -0.1) is 0 Å². The zero-order valence-corrected chi connectivity index (χ0v) is 18.1. The van der Waals surface area contributed by atoms with Crippen molar-refractivity contribution in [2.24, 2.45) is 0 Å². The topological polar surface area (TPSA) is 55.8 Å². The number of rotatable bonds is 7. The van der Waals surface area contributed by atoms with E-state index >= 15 is 0 Å². The van der Waals surface area contributed by atoms with E-state index in [9.17, 15) is 9.59 Å². The highest BCUT2D eigenvalue weighted by Gasteiger charge is 2.34. The fourth-order valence-corrected chi connectivity index (χ4v) is 4.10. The Morgan fingerprint density at radius 1 is 1.14 bits per heavy atom. The third kappa shape index (κ3) is 4.90. The van der Waals surface area contributed by atoms with Gasteiger partial charge in [0.25, 0.3) is 11.1 Å². The molecule has 2 aromatic carbocycles. The molecule has 0 atom stereocenters. The van der Waals surface area contributed by atoms with Crippen LogP contribution in [0.5, 0.6) is 11.5 Å². The first-order valence-electron chi connectivity index (χ1n) is 8.54. The maximum absolute atomic E-state index is 12.6. The summed E-state index contributed by atoms with van der Waals surface area (Å²) in [5.74, 6) is 0.915. The van der Waals surface area contributed by atoms with Gasteiger partial charge in [-0.1, -0.05) is 29.8 Å². The summed E-state index contributed by atoms with van der Waals surface area (Å²) in [6.45, 7) is 2.79. The molecule has 1 heterocycles. The Labute approximate surface area is 180 Å². The Morgan fingerprint density at radius 2 is 1.93 bits per heavy atom. The molecule has 2 amide bonds. The normalized spacial score (nSPS) is 15.4. The van der Waals surface area contributed by atoms with Gasteiger partial charge in [0.05, 0.1) is 27.6 Å². The van der Waals surface area contributed by atoms with Gasteiger partial charge in [0.1, 0.15) is 18.1 Å². The van der Waals surface area contributed by atoms with Gasteiger partial charge in [-0.25, -0.2) is 0 Å². The number of halogens is 2. The lowest BCUT2D eigenvalue weighted by Crippen LogP contribution is -2.32. The lowest BCUT2D eigenvalue weighted by Gasteiger charge is -2.13. The summed E-state index contributed by atoms with van der Waals surface area (Å²) >= 11 is 10.4. The number of carbonyl (C=O) groups is 2. The summed E-state index contributed by atoms with van der Waals surface area (Å²) in [4.78, 5) is 26.4. The van der Waals surface area contributed by atoms with Crippen molar-refractivity contribution < 1.29 is 19.1 Å². The summed E-state index contributed by atoms with van der Waals surface area (Å²) in [5, 5.41) is 0.168. The van der Waals surface area contributed by atoms with Crippen molar-refractivity contribution >= 4 is 56.5 Å². The number of ether oxygens (including phenoxy) is 2. The predicted octanol–water partition coefficient (Wildman–Crippen LogP) is 5.62. The molecule has 0 spiro atoms. The largest absolute Gasteiger partial charge is 0.493 e. The maximum atomic E-state index is 12.6. The number of imide groups is 1. The van der Waals surface area contributed by atoms with Crippen LogP contribution in [0.25, 0.3) is 6.08 Å². The first kappa shape index (κ1) is 20.8. The molecule has 0 unspecified atom stereocenters. The molecular weight excluding hydrogens is 466 g/mol. The molecule has 1 fully saturated rings. The van der Waals surface area contributed by atoms with Crippen molar-refractivity contribution in [2.45, 2.75) is 6.92 Å². The lowest BCUT2D eigenvalue weighted by molar-refractivity contribution is -0.123. The number of benzene rings is 2. The zero-order chi connectivity index (χ0) is 20.1. The summed E-state index contributed by atoms with van der Waals surface area (Å²) in [7, 11) is 0. The number of hydrogen-bond donors (Lipinski definition) is 0. The highest BCUT2D eigenvalue weighted by atomic mass is 79.9. The molecule has 0 N–H and O–H groups in total. The number of hydrogen-bond acceptors (Lipinski definition) is 5. The first-order chi connectivity index (χ1) is 13.5. The number of thioether (sulfide) groups is 1. The van der Waals surface area contributed by atoms with Crippen molar-refractivity contribution in [2.75, 3.05) is 19.8 Å². The third-order valence-corrected chi connectivity index (χ3v) is 5.68. The Kier molecular flexibility index (Phi) is 7.04. The number of para-hydroxylation sites is 1. The Bertz CT molecular complexity index is 934. The van der Waals surface area contributed by atoms with E-state index in [1.54, 1.807) is 30.3 Å². The minimum absolute atomic E-state index is 0.153. The van der Waals surface area contributed by atoms with Gasteiger partial charge < -0.3 is 9.47 Å². The van der Waals surface area contributed by atoms with E-state index < -0.39 is 0 Å². The Morgan fingerprint density at radius 3 is 2.64 bits per heavy atom. The van der Waals surface area contributed by atoms with E-state index in [1.807, 2.05) is 25.1 Å². The number of nitrogens with zero attached hydrogens (tertiary/aromatic N) is 1. The zero-order valence-electron chi connectivity index (χ0n) is 15.0. The van der Waals surface area contributed by atoms with E-state index in [-0.39, 0.29) is 24.3 Å². The van der Waals surface area contributed by atoms with E-state index in [2.05, 4.69) is 15.9 Å². The van der Waals surface area contributed by atoms with Gasteiger partial charge in [0, 0.05) is 0 Å². The highest BCUT2D eigenvalue weighted by Crippen LogP contribution is 2.34. The van der Waals surface area contributed by atoms with E-state index in [0.29, 0.717) is 22.3 Å². The molecule has 0 radical (unpaired) electrons. The average Bonchev–Trinajstić information content (AvgIpc) is 2.93. The van der Waals surface area contributed by atoms with Gasteiger partial charge >= 0.3 is 0 Å².